The van der Waals surface area contributed by atoms with Gasteiger partial charge < -0.3 is 5.32 Å². The van der Waals surface area contributed by atoms with E-state index >= 15 is 0 Å². The lowest BCUT2D eigenvalue weighted by Gasteiger charge is -2.09. The Morgan fingerprint density at radius 3 is 2.36 bits per heavy atom. The number of nitrogens with one attached hydrogen (secondary N) is 1. The van der Waals surface area contributed by atoms with E-state index in [-0.39, 0.29) is 5.91 Å². The molecule has 2 fully saturated rings. The molecule has 0 atom stereocenters. The lowest BCUT2D eigenvalue weighted by molar-refractivity contribution is 0.102. The van der Waals surface area contributed by atoms with Crippen LogP contribution in [0.2, 0.25) is 0 Å². The molecule has 0 aromatic carbocycles. The molecule has 0 radical (unpaired) electrons. The Morgan fingerprint density at radius 2 is 1.77 bits per heavy atom. The van der Waals surface area contributed by atoms with Crippen LogP contribution in [0.15, 0.2) is 24.5 Å². The summed E-state index contributed by atoms with van der Waals surface area (Å²) in [5, 5.41) is 2.90. The molecule has 112 valence electrons. The van der Waals surface area contributed by atoms with Crippen LogP contribution >= 0.6 is 0 Å². The van der Waals surface area contributed by atoms with Crippen LogP contribution < -0.4 is 5.32 Å². The maximum atomic E-state index is 12.3. The van der Waals surface area contributed by atoms with Crippen molar-refractivity contribution in [2.75, 3.05) is 5.32 Å². The third-order valence-corrected chi connectivity index (χ3v) is 4.23. The molecule has 1 amide bonds. The van der Waals surface area contributed by atoms with E-state index in [9.17, 15) is 4.79 Å². The number of rotatable bonds is 4. The first-order valence-corrected chi connectivity index (χ1v) is 7.81. The topological polar surface area (TPSA) is 67.8 Å². The van der Waals surface area contributed by atoms with Gasteiger partial charge in [0.15, 0.2) is 0 Å². The average molecular weight is 294 g/mol. The molecule has 0 spiro atoms. The molecule has 2 aromatic heterocycles. The first kappa shape index (κ1) is 13.4. The molecule has 5 heteroatoms. The van der Waals surface area contributed by atoms with E-state index < -0.39 is 0 Å². The quantitative estimate of drug-likeness (QED) is 0.940. The second kappa shape index (κ2) is 5.16. The van der Waals surface area contributed by atoms with Crippen molar-refractivity contribution in [2.45, 2.75) is 44.4 Å². The van der Waals surface area contributed by atoms with Gasteiger partial charge in [-0.3, -0.25) is 9.78 Å². The fourth-order valence-corrected chi connectivity index (χ4v) is 2.52. The number of pyridine rings is 1. The molecule has 0 bridgehead atoms. The standard InChI is InChI=1S/C17H18N4O/c1-10-14(6-7-15(20-10)11-2-3-11)21-17(22)13-8-18-16(19-9-13)12-4-5-12/h6-9,11-12H,2-5H2,1H3,(H,21,22). The Labute approximate surface area is 129 Å². The number of amides is 1. The van der Waals surface area contributed by atoms with Crippen LogP contribution in [0.3, 0.4) is 0 Å². The van der Waals surface area contributed by atoms with Crippen LogP contribution in [0.25, 0.3) is 0 Å². The summed E-state index contributed by atoms with van der Waals surface area (Å²) in [4.78, 5) is 25.4. The second-order valence-corrected chi connectivity index (χ2v) is 6.20. The summed E-state index contributed by atoms with van der Waals surface area (Å²) in [7, 11) is 0. The van der Waals surface area contributed by atoms with Crippen molar-refractivity contribution >= 4 is 11.6 Å². The van der Waals surface area contributed by atoms with Gasteiger partial charge in [0.2, 0.25) is 0 Å². The highest BCUT2D eigenvalue weighted by atomic mass is 16.1. The largest absolute Gasteiger partial charge is 0.320 e. The molecule has 0 unspecified atom stereocenters. The molecule has 0 aliphatic heterocycles. The van der Waals surface area contributed by atoms with Crippen molar-refractivity contribution in [3.8, 4) is 0 Å². The predicted molar refractivity (Wildman–Crippen MR) is 82.9 cm³/mol. The summed E-state index contributed by atoms with van der Waals surface area (Å²) in [6.45, 7) is 1.92. The summed E-state index contributed by atoms with van der Waals surface area (Å²) in [6.07, 6.45) is 7.98. The zero-order valence-electron chi connectivity index (χ0n) is 12.5. The molecule has 4 rings (SSSR count). The van der Waals surface area contributed by atoms with Crippen LogP contribution in [-0.2, 0) is 0 Å². The van der Waals surface area contributed by atoms with E-state index in [4.69, 9.17) is 0 Å². The van der Waals surface area contributed by atoms with Gasteiger partial charge in [-0.05, 0) is 44.7 Å². The molecule has 5 nitrogen and oxygen atoms in total. The molecule has 22 heavy (non-hydrogen) atoms. The van der Waals surface area contributed by atoms with Gasteiger partial charge in [0.05, 0.1) is 16.9 Å². The normalized spacial score (nSPS) is 17.3. The fourth-order valence-electron chi connectivity index (χ4n) is 2.52. The zero-order chi connectivity index (χ0) is 15.1. The molecule has 2 heterocycles. The lowest BCUT2D eigenvalue weighted by Crippen LogP contribution is -2.14. The van der Waals surface area contributed by atoms with Gasteiger partial charge in [0.25, 0.3) is 5.91 Å². The van der Waals surface area contributed by atoms with Crippen molar-refractivity contribution in [3.05, 3.63) is 47.3 Å². The Bertz CT molecular complexity index is 718. The molecule has 0 saturated heterocycles. The van der Waals surface area contributed by atoms with Crippen LogP contribution in [-0.4, -0.2) is 20.9 Å². The Hall–Kier alpha value is -2.30. The first-order valence-electron chi connectivity index (χ1n) is 7.81. The predicted octanol–water partition coefficient (Wildman–Crippen LogP) is 3.19. The molecule has 2 aliphatic carbocycles. The molecule has 2 saturated carbocycles. The van der Waals surface area contributed by atoms with Gasteiger partial charge >= 0.3 is 0 Å². The van der Waals surface area contributed by atoms with Crippen molar-refractivity contribution in [2.24, 2.45) is 0 Å². The van der Waals surface area contributed by atoms with Crippen molar-refractivity contribution in [1.29, 1.82) is 0 Å². The molecule has 1 N–H and O–H groups in total. The number of aryl methyl sites for hydroxylation is 1. The minimum Gasteiger partial charge on any atom is -0.320 e. The minimum atomic E-state index is -0.189. The monoisotopic (exact) mass is 294 g/mol. The zero-order valence-corrected chi connectivity index (χ0v) is 12.5. The summed E-state index contributed by atoms with van der Waals surface area (Å²) < 4.78 is 0. The van der Waals surface area contributed by atoms with Crippen LogP contribution in [0.4, 0.5) is 5.69 Å². The van der Waals surface area contributed by atoms with E-state index in [0.717, 1.165) is 35.7 Å². The highest BCUT2D eigenvalue weighted by Gasteiger charge is 2.27. The number of nitrogens with zero attached hydrogens (tertiary/aromatic N) is 3. The third-order valence-electron chi connectivity index (χ3n) is 4.23. The fraction of sp³-hybridized carbons (Fsp3) is 0.412. The van der Waals surface area contributed by atoms with Crippen molar-refractivity contribution < 1.29 is 4.79 Å². The highest BCUT2D eigenvalue weighted by Crippen LogP contribution is 2.39. The number of carbonyl (C=O) groups excluding carboxylic acids is 1. The SMILES string of the molecule is Cc1nc(C2CC2)ccc1NC(=O)c1cnc(C2CC2)nc1. The van der Waals surface area contributed by atoms with Crippen LogP contribution in [0, 0.1) is 6.92 Å². The number of aromatic nitrogens is 3. The van der Waals surface area contributed by atoms with Gasteiger partial charge in [-0.2, -0.15) is 0 Å². The van der Waals surface area contributed by atoms with Crippen LogP contribution in [0.5, 0.6) is 0 Å². The van der Waals surface area contributed by atoms with Gasteiger partial charge in [0.1, 0.15) is 5.82 Å². The van der Waals surface area contributed by atoms with E-state index in [1.165, 1.54) is 12.8 Å². The number of anilines is 1. The summed E-state index contributed by atoms with van der Waals surface area (Å²) >= 11 is 0. The minimum absolute atomic E-state index is 0.189. The third kappa shape index (κ3) is 2.71. The number of hydrogen-bond donors (Lipinski definition) is 1. The Balaban J connectivity index is 1.48. The maximum absolute atomic E-state index is 12.3. The van der Waals surface area contributed by atoms with Gasteiger partial charge in [-0.1, -0.05) is 0 Å². The van der Waals surface area contributed by atoms with Crippen molar-refractivity contribution in [1.82, 2.24) is 15.0 Å². The lowest BCUT2D eigenvalue weighted by atomic mass is 10.2. The van der Waals surface area contributed by atoms with E-state index in [2.05, 4.69) is 20.3 Å². The summed E-state index contributed by atoms with van der Waals surface area (Å²) in [6, 6.07) is 3.94. The van der Waals surface area contributed by atoms with Crippen molar-refractivity contribution in [3.63, 3.8) is 0 Å². The van der Waals surface area contributed by atoms with Crippen LogP contribution in [0.1, 0.15) is 65.1 Å². The molecular weight excluding hydrogens is 276 g/mol. The van der Waals surface area contributed by atoms with Gasteiger partial charge in [0, 0.05) is 29.9 Å². The van der Waals surface area contributed by atoms with E-state index in [1.54, 1.807) is 12.4 Å². The van der Waals surface area contributed by atoms with Gasteiger partial charge in [-0.25, -0.2) is 9.97 Å². The second-order valence-electron chi connectivity index (χ2n) is 6.20. The molecule has 2 aromatic rings. The van der Waals surface area contributed by atoms with E-state index in [1.807, 2.05) is 19.1 Å². The highest BCUT2D eigenvalue weighted by molar-refractivity contribution is 6.04. The molecule has 2 aliphatic rings. The summed E-state index contributed by atoms with van der Waals surface area (Å²) in [5.74, 6) is 1.78. The Kier molecular flexibility index (Phi) is 3.13. The number of carbonyl (C=O) groups is 1. The molecular formula is C17H18N4O. The van der Waals surface area contributed by atoms with E-state index in [0.29, 0.717) is 17.4 Å². The number of hydrogen-bond acceptors (Lipinski definition) is 4. The summed E-state index contributed by atoms with van der Waals surface area (Å²) in [5.41, 5.74) is 3.22. The smallest absolute Gasteiger partial charge is 0.258 e. The first-order chi connectivity index (χ1) is 10.7. The Morgan fingerprint density at radius 1 is 1.09 bits per heavy atom. The average Bonchev–Trinajstić information content (AvgIpc) is 3.41. The van der Waals surface area contributed by atoms with Gasteiger partial charge in [-0.15, -0.1) is 0 Å². The maximum Gasteiger partial charge on any atom is 0.258 e.